The molecule has 0 radical (unpaired) electrons. The molecule has 0 atom stereocenters. The van der Waals surface area contributed by atoms with Crippen LogP contribution in [0.5, 0.6) is 5.75 Å². The standard InChI is InChI=1S/C24H16BrNO4/c1-15-2-6-18(7-3-15)23(27)29-20-12-4-16(5-13-20)14-21-24(28)30-22(26-21)17-8-10-19(25)11-9-17/h2-14H,1H3/b21-14-. The Kier molecular flexibility index (Phi) is 5.59. The lowest BCUT2D eigenvalue weighted by Crippen LogP contribution is -2.08. The molecule has 0 N–H and O–H groups in total. The lowest BCUT2D eigenvalue weighted by Gasteiger charge is -2.05. The van der Waals surface area contributed by atoms with Gasteiger partial charge in [-0.3, -0.25) is 0 Å². The number of hydrogen-bond acceptors (Lipinski definition) is 5. The number of aliphatic imine (C=N–C) groups is 1. The SMILES string of the molecule is Cc1ccc(C(=O)Oc2ccc(/C=C3\N=C(c4ccc(Br)cc4)OC3=O)cc2)cc1. The molecule has 148 valence electrons. The van der Waals surface area contributed by atoms with E-state index in [-0.39, 0.29) is 11.6 Å². The molecular formula is C24H16BrNO4. The number of cyclic esters (lactones) is 1. The average Bonchev–Trinajstić information content (AvgIpc) is 3.10. The van der Waals surface area contributed by atoms with E-state index in [0.717, 1.165) is 15.6 Å². The fourth-order valence-corrected chi connectivity index (χ4v) is 3.03. The van der Waals surface area contributed by atoms with Gasteiger partial charge in [-0.05, 0) is 67.1 Å². The van der Waals surface area contributed by atoms with Crippen molar-refractivity contribution in [1.82, 2.24) is 0 Å². The number of ether oxygens (including phenoxy) is 2. The van der Waals surface area contributed by atoms with Crippen molar-refractivity contribution in [3.63, 3.8) is 0 Å². The number of hydrogen-bond donors (Lipinski definition) is 0. The molecule has 1 aliphatic heterocycles. The molecule has 30 heavy (non-hydrogen) atoms. The Hall–Kier alpha value is -3.51. The van der Waals surface area contributed by atoms with Crippen molar-refractivity contribution in [1.29, 1.82) is 0 Å². The Morgan fingerprint density at radius 3 is 2.30 bits per heavy atom. The second-order valence-corrected chi connectivity index (χ2v) is 7.58. The van der Waals surface area contributed by atoms with Crippen LogP contribution < -0.4 is 4.74 Å². The summed E-state index contributed by atoms with van der Waals surface area (Å²) in [5.41, 5.74) is 3.21. The van der Waals surface area contributed by atoms with Crippen molar-refractivity contribution in [2.75, 3.05) is 0 Å². The number of esters is 2. The van der Waals surface area contributed by atoms with Gasteiger partial charge >= 0.3 is 11.9 Å². The summed E-state index contributed by atoms with van der Waals surface area (Å²) >= 11 is 3.37. The van der Waals surface area contributed by atoms with Crippen LogP contribution in [0.1, 0.15) is 27.0 Å². The Balaban J connectivity index is 1.48. The van der Waals surface area contributed by atoms with E-state index in [1.807, 2.05) is 43.3 Å². The molecule has 4 rings (SSSR count). The van der Waals surface area contributed by atoms with Gasteiger partial charge in [-0.2, -0.15) is 0 Å². The van der Waals surface area contributed by atoms with Gasteiger partial charge in [0.2, 0.25) is 5.90 Å². The van der Waals surface area contributed by atoms with Gasteiger partial charge in [0, 0.05) is 10.0 Å². The predicted molar refractivity (Wildman–Crippen MR) is 117 cm³/mol. The van der Waals surface area contributed by atoms with Crippen LogP contribution in [-0.4, -0.2) is 17.8 Å². The zero-order valence-corrected chi connectivity index (χ0v) is 17.5. The van der Waals surface area contributed by atoms with E-state index >= 15 is 0 Å². The molecule has 0 bridgehead atoms. The summed E-state index contributed by atoms with van der Waals surface area (Å²) in [5, 5.41) is 0. The quantitative estimate of drug-likeness (QED) is 0.299. The van der Waals surface area contributed by atoms with Gasteiger partial charge in [0.1, 0.15) is 5.75 Å². The summed E-state index contributed by atoms with van der Waals surface area (Å²) in [4.78, 5) is 28.6. The first-order chi connectivity index (χ1) is 14.5. The van der Waals surface area contributed by atoms with Crippen LogP contribution in [0.2, 0.25) is 0 Å². The van der Waals surface area contributed by atoms with Crippen LogP contribution in [0.3, 0.4) is 0 Å². The highest BCUT2D eigenvalue weighted by atomic mass is 79.9. The fourth-order valence-electron chi connectivity index (χ4n) is 2.77. The lowest BCUT2D eigenvalue weighted by molar-refractivity contribution is -0.129. The first kappa shape index (κ1) is 19.8. The van der Waals surface area contributed by atoms with Gasteiger partial charge in [-0.1, -0.05) is 45.8 Å². The third-order valence-corrected chi connectivity index (χ3v) is 4.92. The average molecular weight is 462 g/mol. The van der Waals surface area contributed by atoms with Gasteiger partial charge in [-0.15, -0.1) is 0 Å². The van der Waals surface area contributed by atoms with Crippen molar-refractivity contribution in [2.24, 2.45) is 4.99 Å². The van der Waals surface area contributed by atoms with Crippen LogP contribution in [0.15, 0.2) is 88.0 Å². The Labute approximate surface area is 181 Å². The molecule has 1 heterocycles. The minimum absolute atomic E-state index is 0.206. The number of carbonyl (C=O) groups excluding carboxylic acids is 2. The fraction of sp³-hybridized carbons (Fsp3) is 0.0417. The first-order valence-corrected chi connectivity index (χ1v) is 9.95. The van der Waals surface area contributed by atoms with E-state index in [4.69, 9.17) is 9.47 Å². The third-order valence-electron chi connectivity index (χ3n) is 4.39. The van der Waals surface area contributed by atoms with E-state index in [2.05, 4.69) is 20.9 Å². The smallest absolute Gasteiger partial charge is 0.363 e. The van der Waals surface area contributed by atoms with Crippen LogP contribution >= 0.6 is 15.9 Å². The van der Waals surface area contributed by atoms with Crippen LogP contribution in [-0.2, 0) is 9.53 Å². The van der Waals surface area contributed by atoms with Crippen molar-refractivity contribution >= 4 is 39.8 Å². The number of benzene rings is 3. The maximum absolute atomic E-state index is 12.2. The highest BCUT2D eigenvalue weighted by Crippen LogP contribution is 2.22. The monoisotopic (exact) mass is 461 g/mol. The van der Waals surface area contributed by atoms with Gasteiger partial charge in [-0.25, -0.2) is 14.6 Å². The van der Waals surface area contributed by atoms with Crippen LogP contribution in [0.25, 0.3) is 6.08 Å². The van der Waals surface area contributed by atoms with E-state index in [1.54, 1.807) is 42.5 Å². The predicted octanol–water partition coefficient (Wildman–Crippen LogP) is 5.32. The molecule has 1 aliphatic rings. The van der Waals surface area contributed by atoms with Gasteiger partial charge < -0.3 is 9.47 Å². The summed E-state index contributed by atoms with van der Waals surface area (Å²) in [6.45, 7) is 1.95. The minimum Gasteiger partial charge on any atom is -0.423 e. The molecule has 0 aromatic heterocycles. The molecule has 3 aromatic rings. The maximum Gasteiger partial charge on any atom is 0.363 e. The van der Waals surface area contributed by atoms with Crippen molar-refractivity contribution in [2.45, 2.75) is 6.92 Å². The number of halogens is 1. The van der Waals surface area contributed by atoms with Gasteiger partial charge in [0.25, 0.3) is 0 Å². The molecule has 0 fully saturated rings. The summed E-state index contributed by atoms with van der Waals surface area (Å²) < 4.78 is 11.6. The first-order valence-electron chi connectivity index (χ1n) is 9.15. The maximum atomic E-state index is 12.2. The molecule has 6 heteroatoms. The Bertz CT molecular complexity index is 1160. The molecule has 0 saturated heterocycles. The van der Waals surface area contributed by atoms with Gasteiger partial charge in [0.05, 0.1) is 5.56 Å². The largest absolute Gasteiger partial charge is 0.423 e. The minimum atomic E-state index is -0.511. The van der Waals surface area contributed by atoms with E-state index in [1.165, 1.54) is 0 Å². The van der Waals surface area contributed by atoms with E-state index in [9.17, 15) is 9.59 Å². The zero-order chi connectivity index (χ0) is 21.1. The topological polar surface area (TPSA) is 65.0 Å². The molecule has 5 nitrogen and oxygen atoms in total. The third kappa shape index (κ3) is 4.55. The van der Waals surface area contributed by atoms with Crippen molar-refractivity contribution in [3.8, 4) is 5.75 Å². The second kappa shape index (κ2) is 8.47. The van der Waals surface area contributed by atoms with Crippen molar-refractivity contribution in [3.05, 3.63) is 105 Å². The Morgan fingerprint density at radius 1 is 0.967 bits per heavy atom. The van der Waals surface area contributed by atoms with Gasteiger partial charge in [0.15, 0.2) is 5.70 Å². The summed E-state index contributed by atoms with van der Waals surface area (Å²) in [6, 6.07) is 21.3. The molecule has 0 spiro atoms. The normalized spacial score (nSPS) is 14.4. The molecule has 0 saturated carbocycles. The van der Waals surface area contributed by atoms with E-state index in [0.29, 0.717) is 16.9 Å². The summed E-state index contributed by atoms with van der Waals surface area (Å²) in [7, 11) is 0. The highest BCUT2D eigenvalue weighted by molar-refractivity contribution is 9.10. The highest BCUT2D eigenvalue weighted by Gasteiger charge is 2.24. The molecule has 0 aliphatic carbocycles. The number of carbonyl (C=O) groups is 2. The molecular weight excluding hydrogens is 446 g/mol. The summed E-state index contributed by atoms with van der Waals surface area (Å²) in [5.74, 6) is -0.259. The van der Waals surface area contributed by atoms with Crippen LogP contribution in [0, 0.1) is 6.92 Å². The molecule has 3 aromatic carbocycles. The number of rotatable bonds is 4. The summed E-state index contributed by atoms with van der Waals surface area (Å²) in [6.07, 6.45) is 1.62. The second-order valence-electron chi connectivity index (χ2n) is 6.67. The Morgan fingerprint density at radius 2 is 1.63 bits per heavy atom. The zero-order valence-electron chi connectivity index (χ0n) is 16.0. The molecule has 0 unspecified atom stereocenters. The van der Waals surface area contributed by atoms with E-state index < -0.39 is 11.9 Å². The van der Waals surface area contributed by atoms with Crippen molar-refractivity contribution < 1.29 is 19.1 Å². The lowest BCUT2D eigenvalue weighted by atomic mass is 10.1. The number of nitrogens with zero attached hydrogens (tertiary/aromatic N) is 1. The number of aryl methyl sites for hydroxylation is 1. The molecule has 0 amide bonds. The van der Waals surface area contributed by atoms with Crippen LogP contribution in [0.4, 0.5) is 0 Å².